The number of anilines is 1. The Bertz CT molecular complexity index is 433. The second kappa shape index (κ2) is 5.10. The summed E-state index contributed by atoms with van der Waals surface area (Å²) in [7, 11) is 0. The molecule has 0 radical (unpaired) electrons. The average molecular weight is 250 g/mol. The normalized spacial score (nSPS) is 19.0. The lowest BCUT2D eigenvalue weighted by Gasteiger charge is -2.34. The van der Waals surface area contributed by atoms with Crippen LogP contribution in [-0.2, 0) is 4.79 Å². The van der Waals surface area contributed by atoms with Crippen LogP contribution in [0.15, 0.2) is 23.1 Å². The first kappa shape index (κ1) is 12.5. The number of nitrogens with zero attached hydrogens (tertiary/aromatic N) is 1. The van der Waals surface area contributed by atoms with Gasteiger partial charge in [-0.15, -0.1) is 11.8 Å². The number of rotatable bonds is 2. The van der Waals surface area contributed by atoms with Gasteiger partial charge in [-0.3, -0.25) is 4.79 Å². The van der Waals surface area contributed by atoms with Gasteiger partial charge < -0.3 is 10.6 Å². The smallest absolute Gasteiger partial charge is 0.228 e. The average Bonchev–Trinajstić information content (AvgIpc) is 2.28. The predicted octanol–water partition coefficient (Wildman–Crippen LogP) is 2.17. The number of hydrogen-bond donors (Lipinski definition) is 1. The third-order valence-electron chi connectivity index (χ3n) is 2.90. The fraction of sp³-hybridized carbons (Fsp3) is 0.462. The summed E-state index contributed by atoms with van der Waals surface area (Å²) in [6.07, 6.45) is 0.422. The van der Waals surface area contributed by atoms with Crippen molar-refractivity contribution in [3.8, 4) is 0 Å². The van der Waals surface area contributed by atoms with Crippen molar-refractivity contribution in [3.63, 3.8) is 0 Å². The van der Waals surface area contributed by atoms with Crippen molar-refractivity contribution < 1.29 is 4.79 Å². The lowest BCUT2D eigenvalue weighted by Crippen LogP contribution is -2.39. The second-order valence-electron chi connectivity index (χ2n) is 4.39. The van der Waals surface area contributed by atoms with E-state index in [0.29, 0.717) is 18.2 Å². The van der Waals surface area contributed by atoms with Gasteiger partial charge in [0, 0.05) is 29.7 Å². The molecule has 1 amide bonds. The number of aryl methyl sites for hydroxylation is 1. The van der Waals surface area contributed by atoms with Gasteiger partial charge >= 0.3 is 0 Å². The number of amides is 1. The summed E-state index contributed by atoms with van der Waals surface area (Å²) in [5.74, 6) is 0.134. The number of benzene rings is 1. The Morgan fingerprint density at radius 2 is 2.35 bits per heavy atom. The highest BCUT2D eigenvalue weighted by Crippen LogP contribution is 2.40. The molecule has 1 heterocycles. The molecule has 0 aliphatic carbocycles. The summed E-state index contributed by atoms with van der Waals surface area (Å²) in [5, 5.41) is 0.436. The quantitative estimate of drug-likeness (QED) is 0.875. The molecule has 0 saturated heterocycles. The van der Waals surface area contributed by atoms with Gasteiger partial charge in [0.05, 0.1) is 5.69 Å². The Labute approximate surface area is 106 Å². The van der Waals surface area contributed by atoms with Crippen molar-refractivity contribution in [1.29, 1.82) is 0 Å². The Morgan fingerprint density at radius 3 is 3.06 bits per heavy atom. The minimum absolute atomic E-state index is 0.134. The highest BCUT2D eigenvalue weighted by molar-refractivity contribution is 8.00. The second-order valence-corrected chi connectivity index (χ2v) is 5.87. The fourth-order valence-corrected chi connectivity index (χ4v) is 3.36. The highest BCUT2D eigenvalue weighted by atomic mass is 32.2. The molecular formula is C13H18N2OS. The summed E-state index contributed by atoms with van der Waals surface area (Å²) >= 11 is 1.84. The van der Waals surface area contributed by atoms with Crippen molar-refractivity contribution >= 4 is 23.4 Å². The van der Waals surface area contributed by atoms with Gasteiger partial charge in [0.15, 0.2) is 0 Å². The molecule has 0 fully saturated rings. The van der Waals surface area contributed by atoms with E-state index < -0.39 is 0 Å². The molecule has 2 rings (SSSR count). The Balaban J connectivity index is 2.39. The number of fused-ring (bicyclic) bond motifs is 1. The van der Waals surface area contributed by atoms with Crippen LogP contribution in [-0.4, -0.2) is 24.2 Å². The van der Waals surface area contributed by atoms with Gasteiger partial charge in [-0.2, -0.15) is 0 Å². The molecule has 0 bridgehead atoms. The van der Waals surface area contributed by atoms with Crippen LogP contribution >= 0.6 is 11.8 Å². The highest BCUT2D eigenvalue weighted by Gasteiger charge is 2.27. The number of nitrogens with two attached hydrogens (primary N) is 1. The van der Waals surface area contributed by atoms with E-state index >= 15 is 0 Å². The van der Waals surface area contributed by atoms with E-state index in [1.165, 1.54) is 4.90 Å². The molecule has 1 aromatic rings. The number of carbonyl (C=O) groups excluding carboxylic acids is 1. The van der Waals surface area contributed by atoms with Crippen molar-refractivity contribution in [1.82, 2.24) is 0 Å². The van der Waals surface area contributed by atoms with Crippen LogP contribution in [0, 0.1) is 6.92 Å². The summed E-state index contributed by atoms with van der Waals surface area (Å²) in [4.78, 5) is 15.2. The maximum Gasteiger partial charge on any atom is 0.228 e. The van der Waals surface area contributed by atoms with Crippen molar-refractivity contribution in [3.05, 3.63) is 23.8 Å². The lowest BCUT2D eigenvalue weighted by atomic mass is 10.1. The van der Waals surface area contributed by atoms with Crippen LogP contribution < -0.4 is 10.6 Å². The lowest BCUT2D eigenvalue weighted by molar-refractivity contribution is -0.118. The van der Waals surface area contributed by atoms with Crippen LogP contribution in [0.1, 0.15) is 18.9 Å². The van der Waals surface area contributed by atoms with E-state index in [1.807, 2.05) is 22.7 Å². The Kier molecular flexibility index (Phi) is 3.74. The topological polar surface area (TPSA) is 46.3 Å². The molecule has 3 nitrogen and oxygen atoms in total. The minimum atomic E-state index is 0.134. The van der Waals surface area contributed by atoms with Crippen LogP contribution in [0.5, 0.6) is 0 Å². The third kappa shape index (κ3) is 2.48. The molecule has 92 valence electrons. The number of thioether (sulfide) groups is 1. The van der Waals surface area contributed by atoms with Gasteiger partial charge in [0.1, 0.15) is 0 Å². The summed E-state index contributed by atoms with van der Waals surface area (Å²) in [5.41, 5.74) is 7.71. The van der Waals surface area contributed by atoms with E-state index in [4.69, 9.17) is 5.73 Å². The SMILES string of the molecule is Cc1cccc2c1N(C(=O)CCN)CC(C)S2. The number of hydrogen-bond acceptors (Lipinski definition) is 3. The van der Waals surface area contributed by atoms with Crippen molar-refractivity contribution in [2.75, 3.05) is 18.0 Å². The molecule has 0 aromatic heterocycles. The van der Waals surface area contributed by atoms with E-state index in [0.717, 1.165) is 17.8 Å². The number of carbonyl (C=O) groups is 1. The summed E-state index contributed by atoms with van der Waals surface area (Å²) < 4.78 is 0. The summed E-state index contributed by atoms with van der Waals surface area (Å²) in [6, 6.07) is 6.19. The maximum absolute atomic E-state index is 12.1. The van der Waals surface area contributed by atoms with E-state index in [-0.39, 0.29) is 5.91 Å². The Hall–Kier alpha value is -1.000. The van der Waals surface area contributed by atoms with Gasteiger partial charge in [-0.05, 0) is 18.6 Å². The summed E-state index contributed by atoms with van der Waals surface area (Å²) in [6.45, 7) is 5.40. The van der Waals surface area contributed by atoms with Crippen LogP contribution in [0.4, 0.5) is 5.69 Å². The monoisotopic (exact) mass is 250 g/mol. The largest absolute Gasteiger partial charge is 0.330 e. The first-order valence-electron chi connectivity index (χ1n) is 5.90. The van der Waals surface area contributed by atoms with Gasteiger partial charge in [0.25, 0.3) is 0 Å². The van der Waals surface area contributed by atoms with Crippen LogP contribution in [0.3, 0.4) is 0 Å². The van der Waals surface area contributed by atoms with Crippen LogP contribution in [0.25, 0.3) is 0 Å². The van der Waals surface area contributed by atoms with Crippen molar-refractivity contribution in [2.45, 2.75) is 30.4 Å². The molecule has 1 aliphatic heterocycles. The standard InChI is InChI=1S/C13H18N2OS/c1-9-4-3-5-11-13(9)15(8-10(2)17-11)12(16)6-7-14/h3-5,10H,6-8,14H2,1-2H3. The predicted molar refractivity (Wildman–Crippen MR) is 72.5 cm³/mol. The molecule has 0 saturated carbocycles. The molecule has 1 aliphatic rings. The van der Waals surface area contributed by atoms with E-state index in [1.54, 1.807) is 0 Å². The Morgan fingerprint density at radius 1 is 1.59 bits per heavy atom. The van der Waals surface area contributed by atoms with E-state index in [2.05, 4.69) is 26.0 Å². The zero-order valence-electron chi connectivity index (χ0n) is 10.3. The van der Waals surface area contributed by atoms with Crippen LogP contribution in [0.2, 0.25) is 0 Å². The van der Waals surface area contributed by atoms with Gasteiger partial charge in [-0.25, -0.2) is 0 Å². The molecule has 0 spiro atoms. The first-order chi connectivity index (χ1) is 8.13. The first-order valence-corrected chi connectivity index (χ1v) is 6.78. The van der Waals surface area contributed by atoms with Gasteiger partial charge in [0.2, 0.25) is 5.91 Å². The molecule has 1 atom stereocenters. The molecule has 1 unspecified atom stereocenters. The zero-order valence-corrected chi connectivity index (χ0v) is 11.1. The molecular weight excluding hydrogens is 232 g/mol. The van der Waals surface area contributed by atoms with Gasteiger partial charge in [-0.1, -0.05) is 19.1 Å². The van der Waals surface area contributed by atoms with Crippen molar-refractivity contribution in [2.24, 2.45) is 5.73 Å². The maximum atomic E-state index is 12.1. The minimum Gasteiger partial charge on any atom is -0.330 e. The fourth-order valence-electron chi connectivity index (χ4n) is 2.16. The molecule has 1 aromatic carbocycles. The third-order valence-corrected chi connectivity index (χ3v) is 4.03. The van der Waals surface area contributed by atoms with E-state index in [9.17, 15) is 4.79 Å². The molecule has 17 heavy (non-hydrogen) atoms. The number of para-hydroxylation sites is 1. The zero-order chi connectivity index (χ0) is 12.4. The molecule has 4 heteroatoms. The molecule has 2 N–H and O–H groups in total.